The van der Waals surface area contributed by atoms with Crippen molar-refractivity contribution in [1.29, 1.82) is 0 Å². The van der Waals surface area contributed by atoms with Gasteiger partial charge in [-0.05, 0) is 19.0 Å². The van der Waals surface area contributed by atoms with Gasteiger partial charge < -0.3 is 8.85 Å². The summed E-state index contributed by atoms with van der Waals surface area (Å²) in [5.41, 5.74) is 0. The zero-order valence-corrected chi connectivity index (χ0v) is 10.8. The third-order valence-corrected chi connectivity index (χ3v) is 6.74. The van der Waals surface area contributed by atoms with Crippen LogP contribution in [0.5, 0.6) is 0 Å². The summed E-state index contributed by atoms with van der Waals surface area (Å²) < 4.78 is 49.3. The van der Waals surface area contributed by atoms with Crippen LogP contribution in [-0.4, -0.2) is 34.4 Å². The van der Waals surface area contributed by atoms with E-state index in [0.717, 1.165) is 38.3 Å². The molecule has 0 N–H and O–H groups in total. The fourth-order valence-corrected chi connectivity index (χ4v) is 4.94. The Hall–Kier alpha value is -0.0731. The molecule has 0 bridgehead atoms. The van der Waals surface area contributed by atoms with Crippen molar-refractivity contribution in [2.45, 2.75) is 50.4 Å². The molecule has 0 aromatic heterocycles. The fraction of sp³-hybridized carbons (Fsp3) is 1.00. The number of rotatable bonds is 5. The van der Waals surface area contributed by atoms with Crippen molar-refractivity contribution in [2.24, 2.45) is 0 Å². The van der Waals surface area contributed by atoms with Gasteiger partial charge in [-0.1, -0.05) is 19.3 Å². The molecule has 0 spiro atoms. The lowest BCUT2D eigenvalue weighted by Gasteiger charge is -2.34. The first-order chi connectivity index (χ1) is 7.42. The lowest BCUT2D eigenvalue weighted by molar-refractivity contribution is -0.101. The van der Waals surface area contributed by atoms with E-state index in [-0.39, 0.29) is 0 Å². The second-order valence-corrected chi connectivity index (χ2v) is 7.86. The highest BCUT2D eigenvalue weighted by molar-refractivity contribution is 6.67. The Morgan fingerprint density at radius 1 is 1.25 bits per heavy atom. The highest BCUT2D eigenvalue weighted by atomic mass is 28.4. The van der Waals surface area contributed by atoms with Gasteiger partial charge in [-0.15, -0.1) is 0 Å². The van der Waals surface area contributed by atoms with Crippen molar-refractivity contribution in [3.63, 3.8) is 0 Å². The van der Waals surface area contributed by atoms with E-state index < -0.39 is 27.3 Å². The van der Waals surface area contributed by atoms with Gasteiger partial charge in [0, 0.05) is 7.11 Å². The molecule has 1 rings (SSSR count). The van der Waals surface area contributed by atoms with Gasteiger partial charge in [0.15, 0.2) is 6.17 Å². The van der Waals surface area contributed by atoms with Gasteiger partial charge >= 0.3 is 8.56 Å². The summed E-state index contributed by atoms with van der Waals surface area (Å²) in [7, 11) is -0.950. The lowest BCUT2D eigenvalue weighted by atomic mass is 10.2. The highest BCUT2D eigenvalue weighted by Crippen LogP contribution is 2.32. The first-order valence-electron chi connectivity index (χ1n) is 5.63. The lowest BCUT2D eigenvalue weighted by Crippen LogP contribution is -2.47. The molecule has 0 radical (unpaired) electrons. The quantitative estimate of drug-likeness (QED) is 0.703. The Bertz CT molecular complexity index is 218. The summed E-state index contributed by atoms with van der Waals surface area (Å²) in [5.74, 6) is -3.41. The molecule has 1 atom stereocenters. The Morgan fingerprint density at radius 3 is 2.25 bits per heavy atom. The largest absolute Gasteiger partial charge is 0.398 e. The SMILES string of the molecule is CO[Si]1(OCC(F)(F)C(C)F)CCCCC1. The van der Waals surface area contributed by atoms with Crippen LogP contribution < -0.4 is 0 Å². The van der Waals surface area contributed by atoms with Crippen LogP contribution >= 0.6 is 0 Å². The summed E-state index contributed by atoms with van der Waals surface area (Å²) in [6.07, 6.45) is 0.823. The van der Waals surface area contributed by atoms with Gasteiger partial charge in [0.2, 0.25) is 0 Å². The molecule has 1 unspecified atom stereocenters. The molecule has 0 saturated carbocycles. The van der Waals surface area contributed by atoms with Crippen LogP contribution in [0.1, 0.15) is 26.2 Å². The van der Waals surface area contributed by atoms with E-state index in [0.29, 0.717) is 0 Å². The van der Waals surface area contributed by atoms with E-state index in [1.807, 2.05) is 0 Å². The predicted octanol–water partition coefficient (Wildman–Crippen LogP) is 3.27. The first-order valence-corrected chi connectivity index (χ1v) is 7.86. The molecular weight excluding hydrogens is 237 g/mol. The van der Waals surface area contributed by atoms with E-state index in [9.17, 15) is 13.2 Å². The fourth-order valence-electron chi connectivity index (χ4n) is 1.84. The van der Waals surface area contributed by atoms with Gasteiger partial charge in [0.25, 0.3) is 5.92 Å². The minimum atomic E-state index is -3.41. The van der Waals surface area contributed by atoms with E-state index >= 15 is 0 Å². The van der Waals surface area contributed by atoms with Gasteiger partial charge in [0.1, 0.15) is 6.61 Å². The van der Waals surface area contributed by atoms with Crippen molar-refractivity contribution in [3.8, 4) is 0 Å². The molecule has 16 heavy (non-hydrogen) atoms. The summed E-state index contributed by atoms with van der Waals surface area (Å²) in [5, 5.41) is 0. The second kappa shape index (κ2) is 5.51. The number of hydrogen-bond acceptors (Lipinski definition) is 2. The van der Waals surface area contributed by atoms with Crippen molar-refractivity contribution >= 4 is 8.56 Å². The Labute approximate surface area is 95.4 Å². The van der Waals surface area contributed by atoms with E-state index in [4.69, 9.17) is 8.85 Å². The van der Waals surface area contributed by atoms with Crippen LogP contribution in [0.3, 0.4) is 0 Å². The normalized spacial score (nSPS) is 23.1. The van der Waals surface area contributed by atoms with Crippen molar-refractivity contribution < 1.29 is 22.0 Å². The Balaban J connectivity index is 2.50. The maximum absolute atomic E-state index is 13.1. The molecule has 1 fully saturated rings. The molecule has 0 aromatic rings. The van der Waals surface area contributed by atoms with E-state index in [1.165, 1.54) is 7.11 Å². The molecule has 96 valence electrons. The van der Waals surface area contributed by atoms with Crippen LogP contribution in [0.15, 0.2) is 0 Å². The zero-order valence-electron chi connectivity index (χ0n) is 9.77. The maximum atomic E-state index is 13.1. The predicted molar refractivity (Wildman–Crippen MR) is 57.7 cm³/mol. The second-order valence-electron chi connectivity index (χ2n) is 4.34. The number of hydrogen-bond donors (Lipinski definition) is 0. The van der Waals surface area contributed by atoms with Crippen LogP contribution in [0.2, 0.25) is 12.1 Å². The Kier molecular flexibility index (Phi) is 4.82. The van der Waals surface area contributed by atoms with Gasteiger partial charge in [0.05, 0.1) is 0 Å². The molecule has 1 saturated heterocycles. The zero-order chi connectivity index (χ0) is 12.2. The average molecular weight is 256 g/mol. The summed E-state index contributed by atoms with van der Waals surface area (Å²) >= 11 is 0. The maximum Gasteiger partial charge on any atom is 0.338 e. The molecular formula is C10H19F3O2Si. The van der Waals surface area contributed by atoms with Crippen LogP contribution in [-0.2, 0) is 8.85 Å². The minimum absolute atomic E-state index is 0.736. The van der Waals surface area contributed by atoms with Gasteiger partial charge in [-0.3, -0.25) is 0 Å². The minimum Gasteiger partial charge on any atom is -0.398 e. The topological polar surface area (TPSA) is 18.5 Å². The highest BCUT2D eigenvalue weighted by Gasteiger charge is 2.44. The molecule has 1 heterocycles. The molecule has 1 aliphatic heterocycles. The van der Waals surface area contributed by atoms with Crippen LogP contribution in [0, 0.1) is 0 Å². The smallest absolute Gasteiger partial charge is 0.338 e. The standard InChI is InChI=1S/C10H19F3O2Si/c1-9(11)10(12,13)8-15-16(14-2)6-4-3-5-7-16/h9H,3-8H2,1-2H3. The molecule has 0 aromatic carbocycles. The van der Waals surface area contributed by atoms with Crippen molar-refractivity contribution in [2.75, 3.05) is 13.7 Å². The summed E-state index contributed by atoms with van der Waals surface area (Å²) in [6.45, 7) is -0.00398. The van der Waals surface area contributed by atoms with Gasteiger partial charge in [-0.2, -0.15) is 0 Å². The van der Waals surface area contributed by atoms with Crippen molar-refractivity contribution in [3.05, 3.63) is 0 Å². The third-order valence-electron chi connectivity index (χ3n) is 3.10. The van der Waals surface area contributed by atoms with Crippen LogP contribution in [0.25, 0.3) is 0 Å². The molecule has 2 nitrogen and oxygen atoms in total. The molecule has 6 heteroatoms. The number of alkyl halides is 3. The molecule has 1 aliphatic rings. The average Bonchev–Trinajstić information content (AvgIpc) is 2.28. The van der Waals surface area contributed by atoms with E-state index in [1.54, 1.807) is 0 Å². The van der Waals surface area contributed by atoms with E-state index in [2.05, 4.69) is 0 Å². The third kappa shape index (κ3) is 3.46. The monoisotopic (exact) mass is 256 g/mol. The summed E-state index contributed by atoms with van der Waals surface area (Å²) in [6, 6.07) is 1.47. The summed E-state index contributed by atoms with van der Waals surface area (Å²) in [4.78, 5) is 0. The van der Waals surface area contributed by atoms with Gasteiger partial charge in [-0.25, -0.2) is 13.2 Å². The molecule has 0 aliphatic carbocycles. The Morgan fingerprint density at radius 2 is 1.81 bits per heavy atom. The molecule has 0 amide bonds. The number of halogens is 3. The first kappa shape index (κ1) is 14.0. The van der Waals surface area contributed by atoms with Crippen molar-refractivity contribution in [1.82, 2.24) is 0 Å². The van der Waals surface area contributed by atoms with Crippen LogP contribution in [0.4, 0.5) is 13.2 Å².